The molecule has 0 bridgehead atoms. The number of aliphatic hydroxyl groups excluding tert-OH is 1. The van der Waals surface area contributed by atoms with Gasteiger partial charge in [0.05, 0.1) is 17.2 Å². The summed E-state index contributed by atoms with van der Waals surface area (Å²) in [6.45, 7) is 1.54. The highest BCUT2D eigenvalue weighted by Crippen LogP contribution is 2.37. The van der Waals surface area contributed by atoms with Gasteiger partial charge in [0, 0.05) is 24.2 Å². The smallest absolute Gasteiger partial charge is 0.389 e. The summed E-state index contributed by atoms with van der Waals surface area (Å²) in [7, 11) is 1.55. The molecule has 1 heterocycles. The van der Waals surface area contributed by atoms with Crippen LogP contribution in [-0.2, 0) is 13.2 Å². The van der Waals surface area contributed by atoms with Crippen molar-refractivity contribution in [1.29, 1.82) is 0 Å². The van der Waals surface area contributed by atoms with E-state index in [4.69, 9.17) is 0 Å². The summed E-state index contributed by atoms with van der Waals surface area (Å²) in [5.74, 6) is 0. The van der Waals surface area contributed by atoms with Crippen molar-refractivity contribution in [2.75, 3.05) is 0 Å². The van der Waals surface area contributed by atoms with Gasteiger partial charge in [0.2, 0.25) is 0 Å². The summed E-state index contributed by atoms with van der Waals surface area (Å²) in [5, 5.41) is 9.98. The predicted octanol–water partition coefficient (Wildman–Crippen LogP) is 3.25. The molecule has 0 radical (unpaired) electrons. The Morgan fingerprint density at radius 1 is 1.29 bits per heavy atom. The third kappa shape index (κ3) is 1.91. The van der Waals surface area contributed by atoms with Crippen molar-refractivity contribution in [3.05, 3.63) is 35.5 Å². The topological polar surface area (TPSA) is 25.2 Å². The number of aryl methyl sites for hydroxylation is 1. The van der Waals surface area contributed by atoms with Crippen molar-refractivity contribution in [1.82, 2.24) is 4.57 Å². The summed E-state index contributed by atoms with van der Waals surface area (Å²) < 4.78 is 39.9. The molecule has 1 unspecified atom stereocenters. The summed E-state index contributed by atoms with van der Waals surface area (Å²) in [4.78, 5) is 0. The molecule has 1 N–H and O–H groups in total. The maximum Gasteiger partial charge on any atom is 0.418 e. The summed E-state index contributed by atoms with van der Waals surface area (Å²) in [6.07, 6.45) is -3.64. The fourth-order valence-electron chi connectivity index (χ4n) is 2.06. The number of aromatic nitrogens is 1. The van der Waals surface area contributed by atoms with E-state index in [1.54, 1.807) is 13.1 Å². The third-order valence-corrected chi connectivity index (χ3v) is 2.79. The van der Waals surface area contributed by atoms with E-state index in [1.165, 1.54) is 23.8 Å². The lowest BCUT2D eigenvalue weighted by atomic mass is 10.1. The lowest BCUT2D eigenvalue weighted by molar-refractivity contribution is -0.136. The summed E-state index contributed by atoms with van der Waals surface area (Å²) in [6, 6.07) is 4.00. The Labute approximate surface area is 96.3 Å². The van der Waals surface area contributed by atoms with E-state index in [9.17, 15) is 18.3 Å². The SMILES string of the molecule is CC(O)c1cn(C)c2c(C(F)(F)F)cccc12. The molecule has 0 amide bonds. The Balaban J connectivity index is 2.82. The molecule has 0 fully saturated rings. The largest absolute Gasteiger partial charge is 0.418 e. The zero-order valence-electron chi connectivity index (χ0n) is 9.42. The molecule has 0 spiro atoms. The van der Waals surface area contributed by atoms with Crippen LogP contribution in [0.25, 0.3) is 10.9 Å². The highest BCUT2D eigenvalue weighted by atomic mass is 19.4. The number of alkyl halides is 3. The van der Waals surface area contributed by atoms with E-state index in [2.05, 4.69) is 0 Å². The number of fused-ring (bicyclic) bond motifs is 1. The van der Waals surface area contributed by atoms with Crippen molar-refractivity contribution < 1.29 is 18.3 Å². The highest BCUT2D eigenvalue weighted by Gasteiger charge is 2.34. The second-order valence-corrected chi connectivity index (χ2v) is 4.07. The van der Waals surface area contributed by atoms with E-state index in [1.807, 2.05) is 0 Å². The molecular formula is C12H12F3NO. The molecule has 0 aliphatic heterocycles. The van der Waals surface area contributed by atoms with Crippen LogP contribution in [0.3, 0.4) is 0 Å². The van der Waals surface area contributed by atoms with Gasteiger partial charge in [-0.05, 0) is 13.0 Å². The number of aliphatic hydroxyl groups is 1. The first-order valence-corrected chi connectivity index (χ1v) is 5.15. The quantitative estimate of drug-likeness (QED) is 0.817. The first kappa shape index (κ1) is 12.0. The number of rotatable bonds is 1. The lowest BCUT2D eigenvalue weighted by Gasteiger charge is -2.10. The van der Waals surface area contributed by atoms with Gasteiger partial charge >= 0.3 is 6.18 Å². The van der Waals surface area contributed by atoms with Crippen LogP contribution in [-0.4, -0.2) is 9.67 Å². The van der Waals surface area contributed by atoms with Crippen molar-refractivity contribution in [2.24, 2.45) is 7.05 Å². The van der Waals surface area contributed by atoms with Gasteiger partial charge in [-0.1, -0.05) is 12.1 Å². The van der Waals surface area contributed by atoms with Gasteiger partial charge < -0.3 is 9.67 Å². The minimum atomic E-state index is -4.39. The average Bonchev–Trinajstić information content (AvgIpc) is 2.55. The highest BCUT2D eigenvalue weighted by molar-refractivity contribution is 5.87. The summed E-state index contributed by atoms with van der Waals surface area (Å²) in [5.41, 5.74) is -0.0612. The first-order chi connectivity index (χ1) is 7.82. The first-order valence-electron chi connectivity index (χ1n) is 5.15. The fourth-order valence-corrected chi connectivity index (χ4v) is 2.06. The number of benzene rings is 1. The number of para-hydroxylation sites is 1. The van der Waals surface area contributed by atoms with Crippen LogP contribution in [0.1, 0.15) is 24.2 Å². The van der Waals surface area contributed by atoms with Gasteiger partial charge in [-0.25, -0.2) is 0 Å². The molecule has 2 nitrogen and oxygen atoms in total. The van der Waals surface area contributed by atoms with Crippen molar-refractivity contribution in [2.45, 2.75) is 19.2 Å². The van der Waals surface area contributed by atoms with Gasteiger partial charge in [0.15, 0.2) is 0 Å². The zero-order valence-corrected chi connectivity index (χ0v) is 9.42. The Hall–Kier alpha value is -1.49. The molecule has 0 aliphatic carbocycles. The predicted molar refractivity (Wildman–Crippen MR) is 58.6 cm³/mol. The number of hydrogen-bond donors (Lipinski definition) is 1. The maximum atomic E-state index is 12.8. The Morgan fingerprint density at radius 3 is 2.47 bits per heavy atom. The minimum absolute atomic E-state index is 0.107. The molecule has 0 saturated carbocycles. The van der Waals surface area contributed by atoms with Gasteiger partial charge in [0.25, 0.3) is 0 Å². The normalized spacial score (nSPS) is 14.2. The Bertz CT molecular complexity index is 555. The number of halogens is 3. The van der Waals surface area contributed by atoms with Gasteiger partial charge in [0.1, 0.15) is 0 Å². The van der Waals surface area contributed by atoms with Crippen LogP contribution in [0.2, 0.25) is 0 Å². The van der Waals surface area contributed by atoms with Crippen LogP contribution in [0.5, 0.6) is 0 Å². The number of hydrogen-bond acceptors (Lipinski definition) is 1. The minimum Gasteiger partial charge on any atom is -0.389 e. The monoisotopic (exact) mass is 243 g/mol. The molecule has 17 heavy (non-hydrogen) atoms. The van der Waals surface area contributed by atoms with Crippen LogP contribution in [0, 0.1) is 0 Å². The zero-order chi connectivity index (χ0) is 12.8. The van der Waals surface area contributed by atoms with E-state index in [0.29, 0.717) is 10.9 Å². The van der Waals surface area contributed by atoms with Gasteiger partial charge in [-0.2, -0.15) is 13.2 Å². The van der Waals surface area contributed by atoms with Crippen molar-refractivity contribution in [3.63, 3.8) is 0 Å². The molecule has 92 valence electrons. The molecular weight excluding hydrogens is 231 g/mol. The second kappa shape index (κ2) is 3.77. The van der Waals surface area contributed by atoms with Crippen molar-refractivity contribution >= 4 is 10.9 Å². The Kier molecular flexibility index (Phi) is 2.66. The van der Waals surface area contributed by atoms with E-state index < -0.39 is 17.8 Å². The van der Waals surface area contributed by atoms with Crippen LogP contribution in [0.4, 0.5) is 13.2 Å². The van der Waals surface area contributed by atoms with Gasteiger partial charge in [-0.3, -0.25) is 0 Å². The summed E-state index contributed by atoms with van der Waals surface area (Å²) >= 11 is 0. The van der Waals surface area contributed by atoms with Crippen LogP contribution in [0.15, 0.2) is 24.4 Å². The molecule has 2 aromatic rings. The van der Waals surface area contributed by atoms with E-state index >= 15 is 0 Å². The van der Waals surface area contributed by atoms with Crippen molar-refractivity contribution in [3.8, 4) is 0 Å². The second-order valence-electron chi connectivity index (χ2n) is 4.07. The molecule has 5 heteroatoms. The van der Waals surface area contributed by atoms with E-state index in [0.717, 1.165) is 6.07 Å². The van der Waals surface area contributed by atoms with Crippen LogP contribution >= 0.6 is 0 Å². The molecule has 0 aliphatic rings. The third-order valence-electron chi connectivity index (χ3n) is 2.79. The van der Waals surface area contributed by atoms with Crippen LogP contribution < -0.4 is 0 Å². The molecule has 1 aromatic heterocycles. The average molecular weight is 243 g/mol. The molecule has 2 rings (SSSR count). The molecule has 1 aromatic carbocycles. The maximum absolute atomic E-state index is 12.8. The lowest BCUT2D eigenvalue weighted by Crippen LogP contribution is -2.07. The standard InChI is InChI=1S/C12H12F3NO/c1-7(17)9-6-16(2)11-8(9)4-3-5-10(11)12(13,14)15/h3-7,17H,1-2H3. The Morgan fingerprint density at radius 2 is 1.94 bits per heavy atom. The van der Waals surface area contributed by atoms with Gasteiger partial charge in [-0.15, -0.1) is 0 Å². The van der Waals surface area contributed by atoms with E-state index in [-0.39, 0.29) is 5.52 Å². The fraction of sp³-hybridized carbons (Fsp3) is 0.333. The number of nitrogens with zero attached hydrogens (tertiary/aromatic N) is 1. The molecule has 1 atom stereocenters. The molecule has 0 saturated heterocycles.